The molecule has 6 heteroatoms. The lowest BCUT2D eigenvalue weighted by Crippen LogP contribution is -2.48. The monoisotopic (exact) mass is 387 g/mol. The number of fused-ring (bicyclic) bond motifs is 1. The van der Waals surface area contributed by atoms with Gasteiger partial charge in [0.25, 0.3) is 5.91 Å². The van der Waals surface area contributed by atoms with Crippen LogP contribution in [0, 0.1) is 17.8 Å². The van der Waals surface area contributed by atoms with Gasteiger partial charge in [-0.05, 0) is 68.4 Å². The molecule has 4 bridgehead atoms. The van der Waals surface area contributed by atoms with E-state index in [2.05, 4.69) is 25.7 Å². The molecule has 3 aromatic rings. The first-order valence-electron chi connectivity index (χ1n) is 10.6. The second-order valence-electron chi connectivity index (χ2n) is 9.35. The van der Waals surface area contributed by atoms with Crippen molar-refractivity contribution in [1.82, 2.24) is 20.6 Å². The first-order valence-corrected chi connectivity index (χ1v) is 10.6. The molecule has 1 amide bonds. The lowest BCUT2D eigenvalue weighted by molar-refractivity contribution is -0.00721. The Hall–Kier alpha value is -2.89. The van der Waals surface area contributed by atoms with Crippen molar-refractivity contribution >= 4 is 23.0 Å². The van der Waals surface area contributed by atoms with Crippen molar-refractivity contribution in [1.29, 1.82) is 0 Å². The first kappa shape index (κ1) is 17.0. The fourth-order valence-corrected chi connectivity index (χ4v) is 6.57. The number of rotatable bonds is 4. The largest absolute Gasteiger partial charge is 0.361 e. The maximum atomic E-state index is 12.6. The molecule has 29 heavy (non-hydrogen) atoms. The van der Waals surface area contributed by atoms with Gasteiger partial charge in [-0.2, -0.15) is 10.2 Å². The van der Waals surface area contributed by atoms with Crippen molar-refractivity contribution in [3.8, 4) is 0 Å². The van der Waals surface area contributed by atoms with Crippen LogP contribution in [0.25, 0.3) is 10.9 Å². The summed E-state index contributed by atoms with van der Waals surface area (Å²) in [5.41, 5.74) is 6.41. The van der Waals surface area contributed by atoms with Crippen LogP contribution in [-0.2, 0) is 5.41 Å². The highest BCUT2D eigenvalue weighted by Gasteiger charge is 2.52. The van der Waals surface area contributed by atoms with Gasteiger partial charge in [0.1, 0.15) is 0 Å². The number of benzene rings is 1. The third-order valence-electron chi connectivity index (χ3n) is 7.41. The number of nitrogens with one attached hydrogen (secondary N) is 3. The highest BCUT2D eigenvalue weighted by atomic mass is 16.2. The number of amides is 1. The highest BCUT2D eigenvalue weighted by molar-refractivity contribution is 5.99. The Balaban J connectivity index is 1.18. The van der Waals surface area contributed by atoms with Crippen molar-refractivity contribution in [2.45, 2.75) is 43.9 Å². The Morgan fingerprint density at radius 1 is 1.14 bits per heavy atom. The minimum Gasteiger partial charge on any atom is -0.361 e. The summed E-state index contributed by atoms with van der Waals surface area (Å²) in [6.45, 7) is 0. The molecule has 0 saturated heterocycles. The summed E-state index contributed by atoms with van der Waals surface area (Å²) < 4.78 is 0. The maximum Gasteiger partial charge on any atom is 0.291 e. The van der Waals surface area contributed by atoms with E-state index in [1.54, 1.807) is 6.21 Å². The van der Waals surface area contributed by atoms with Crippen molar-refractivity contribution in [3.63, 3.8) is 0 Å². The smallest absolute Gasteiger partial charge is 0.291 e. The summed E-state index contributed by atoms with van der Waals surface area (Å²) in [4.78, 5) is 15.8. The Kier molecular flexibility index (Phi) is 3.70. The summed E-state index contributed by atoms with van der Waals surface area (Å²) in [6, 6.07) is 9.98. The minimum absolute atomic E-state index is 0.216. The molecule has 4 saturated carbocycles. The fourth-order valence-electron chi connectivity index (χ4n) is 6.57. The molecule has 2 aromatic heterocycles. The molecule has 4 fully saturated rings. The maximum absolute atomic E-state index is 12.6. The zero-order chi connectivity index (χ0) is 19.4. The van der Waals surface area contributed by atoms with Crippen LogP contribution in [0.15, 0.2) is 41.6 Å². The number of aromatic amines is 2. The van der Waals surface area contributed by atoms with Gasteiger partial charge in [0, 0.05) is 33.8 Å². The average Bonchev–Trinajstić information content (AvgIpc) is 3.35. The van der Waals surface area contributed by atoms with Crippen molar-refractivity contribution in [2.24, 2.45) is 22.9 Å². The number of H-pyrrole nitrogens is 2. The molecule has 2 heterocycles. The number of hydrogen-bond donors (Lipinski definition) is 3. The molecule has 3 N–H and O–H groups in total. The lowest BCUT2D eigenvalue weighted by Gasteiger charge is -2.56. The Morgan fingerprint density at radius 3 is 2.62 bits per heavy atom. The van der Waals surface area contributed by atoms with E-state index in [0.717, 1.165) is 39.9 Å². The lowest BCUT2D eigenvalue weighted by atomic mass is 9.49. The molecular formula is C23H25N5O. The van der Waals surface area contributed by atoms with Crippen molar-refractivity contribution < 1.29 is 4.79 Å². The number of carbonyl (C=O) groups excluding carboxylic acids is 1. The first-order chi connectivity index (χ1) is 14.2. The molecule has 6 nitrogen and oxygen atoms in total. The number of hydrazone groups is 1. The van der Waals surface area contributed by atoms with Gasteiger partial charge in [0.2, 0.25) is 0 Å². The topological polar surface area (TPSA) is 85.9 Å². The Morgan fingerprint density at radius 2 is 1.86 bits per heavy atom. The summed E-state index contributed by atoms with van der Waals surface area (Å²) in [6.07, 6.45) is 11.5. The molecule has 148 valence electrons. The second kappa shape index (κ2) is 6.31. The normalized spacial score (nSPS) is 30.4. The SMILES string of the molecule is O=C(N/N=C/c1c[nH]c2ccccc12)c1cc(C23CC4CC(CC(C4)C2)C3)[nH]n1. The molecule has 1 aromatic carbocycles. The quantitative estimate of drug-likeness (QED) is 0.464. The van der Waals surface area contributed by atoms with Crippen LogP contribution in [0.3, 0.4) is 0 Å². The third-order valence-corrected chi connectivity index (χ3v) is 7.41. The number of para-hydroxylation sites is 1. The van der Waals surface area contributed by atoms with E-state index in [-0.39, 0.29) is 11.3 Å². The van der Waals surface area contributed by atoms with Gasteiger partial charge in [0.05, 0.1) is 6.21 Å². The van der Waals surface area contributed by atoms with Crippen LogP contribution in [0.2, 0.25) is 0 Å². The van der Waals surface area contributed by atoms with Gasteiger partial charge >= 0.3 is 0 Å². The van der Waals surface area contributed by atoms with Gasteiger partial charge in [-0.15, -0.1) is 0 Å². The van der Waals surface area contributed by atoms with E-state index < -0.39 is 0 Å². The van der Waals surface area contributed by atoms with Gasteiger partial charge in [-0.3, -0.25) is 9.89 Å². The van der Waals surface area contributed by atoms with Crippen LogP contribution in [-0.4, -0.2) is 27.3 Å². The van der Waals surface area contributed by atoms with Gasteiger partial charge in [0.15, 0.2) is 5.69 Å². The van der Waals surface area contributed by atoms with E-state index in [1.165, 1.54) is 38.5 Å². The summed E-state index contributed by atoms with van der Waals surface area (Å²) >= 11 is 0. The zero-order valence-corrected chi connectivity index (χ0v) is 16.3. The van der Waals surface area contributed by atoms with Crippen molar-refractivity contribution in [2.75, 3.05) is 0 Å². The molecule has 4 aliphatic rings. The average molecular weight is 387 g/mol. The van der Waals surface area contributed by atoms with Crippen LogP contribution in [0.4, 0.5) is 0 Å². The molecule has 0 aliphatic heterocycles. The number of hydrogen-bond acceptors (Lipinski definition) is 3. The number of carbonyl (C=O) groups is 1. The molecule has 7 rings (SSSR count). The fraction of sp³-hybridized carbons (Fsp3) is 0.435. The second-order valence-corrected chi connectivity index (χ2v) is 9.35. The summed E-state index contributed by atoms with van der Waals surface area (Å²) in [5.74, 6) is 2.32. The summed E-state index contributed by atoms with van der Waals surface area (Å²) in [5, 5.41) is 12.7. The van der Waals surface area contributed by atoms with E-state index >= 15 is 0 Å². The van der Waals surface area contributed by atoms with Gasteiger partial charge in [-0.1, -0.05) is 18.2 Å². The standard InChI is InChI=1S/C23H25N5O/c29-22(28-25-13-17-12-24-19-4-2-1-3-18(17)19)20-8-21(27-26-20)23-9-14-5-15(10-23)7-16(6-14)11-23/h1-4,8,12-16,24H,5-7,9-11H2,(H,26,27)(H,28,29)/b25-13+. The van der Waals surface area contributed by atoms with E-state index in [1.807, 2.05) is 36.5 Å². The highest BCUT2D eigenvalue weighted by Crippen LogP contribution is 2.60. The number of nitrogens with zero attached hydrogens (tertiary/aromatic N) is 2. The third kappa shape index (κ3) is 2.81. The zero-order valence-electron chi connectivity index (χ0n) is 16.3. The van der Waals surface area contributed by atoms with Crippen LogP contribution >= 0.6 is 0 Å². The molecular weight excluding hydrogens is 362 g/mol. The van der Waals surface area contributed by atoms with Crippen LogP contribution in [0.1, 0.15) is 60.3 Å². The van der Waals surface area contributed by atoms with Crippen molar-refractivity contribution in [3.05, 3.63) is 53.5 Å². The number of aromatic nitrogens is 3. The predicted octanol–water partition coefficient (Wildman–Crippen LogP) is 4.12. The molecule has 0 unspecified atom stereocenters. The van der Waals surface area contributed by atoms with Crippen LogP contribution < -0.4 is 5.43 Å². The van der Waals surface area contributed by atoms with Crippen LogP contribution in [0.5, 0.6) is 0 Å². The molecule has 0 radical (unpaired) electrons. The van der Waals surface area contributed by atoms with Gasteiger partial charge in [-0.25, -0.2) is 5.43 Å². The summed E-state index contributed by atoms with van der Waals surface area (Å²) in [7, 11) is 0. The molecule has 0 atom stereocenters. The van der Waals surface area contributed by atoms with E-state index in [9.17, 15) is 4.79 Å². The molecule has 4 aliphatic carbocycles. The Bertz CT molecular complexity index is 1070. The Labute approximate surface area is 169 Å². The molecule has 0 spiro atoms. The predicted molar refractivity (Wildman–Crippen MR) is 112 cm³/mol. The minimum atomic E-state index is -0.270. The van der Waals surface area contributed by atoms with E-state index in [0.29, 0.717) is 5.69 Å². The van der Waals surface area contributed by atoms with Gasteiger partial charge < -0.3 is 4.98 Å². The van der Waals surface area contributed by atoms with E-state index in [4.69, 9.17) is 0 Å².